The van der Waals surface area contributed by atoms with Crippen molar-refractivity contribution in [3.8, 4) is 5.75 Å². The van der Waals surface area contributed by atoms with Crippen molar-refractivity contribution in [2.75, 3.05) is 19.0 Å². The zero-order valence-electron chi connectivity index (χ0n) is 18.3. The van der Waals surface area contributed by atoms with Gasteiger partial charge in [-0.1, -0.05) is 12.1 Å². The Morgan fingerprint density at radius 3 is 2.13 bits per heavy atom. The number of carbonyl (C=O) groups is 3. The molecule has 2 rings (SSSR count). The minimum atomic E-state index is -0.581. The van der Waals surface area contributed by atoms with Crippen molar-refractivity contribution in [1.29, 1.82) is 0 Å². The van der Waals surface area contributed by atoms with E-state index in [2.05, 4.69) is 16.0 Å². The van der Waals surface area contributed by atoms with Crippen LogP contribution in [0.15, 0.2) is 48.5 Å². The third-order valence-electron chi connectivity index (χ3n) is 4.06. The fourth-order valence-electron chi connectivity index (χ4n) is 2.55. The molecule has 0 spiro atoms. The van der Waals surface area contributed by atoms with Crippen molar-refractivity contribution in [2.45, 2.75) is 39.3 Å². The van der Waals surface area contributed by atoms with Gasteiger partial charge in [0, 0.05) is 30.8 Å². The van der Waals surface area contributed by atoms with Gasteiger partial charge in [-0.2, -0.15) is 0 Å². The lowest BCUT2D eigenvalue weighted by Gasteiger charge is -2.19. The van der Waals surface area contributed by atoms with Crippen LogP contribution in [0.2, 0.25) is 0 Å². The van der Waals surface area contributed by atoms with E-state index in [9.17, 15) is 14.4 Å². The van der Waals surface area contributed by atoms with Gasteiger partial charge in [0.05, 0.1) is 7.11 Å². The summed E-state index contributed by atoms with van der Waals surface area (Å²) in [7, 11) is 1.57. The van der Waals surface area contributed by atoms with Gasteiger partial charge in [-0.05, 0) is 62.7 Å². The summed E-state index contributed by atoms with van der Waals surface area (Å²) < 4.78 is 10.2. The van der Waals surface area contributed by atoms with Crippen molar-refractivity contribution < 1.29 is 23.9 Å². The standard InChI is InChI=1S/C23H29N3O5/c1-23(2,3)31-22(29)24-14-13-20(27)26-18-9-5-16(6-10-18)15-25-21(28)17-7-11-19(30-4)12-8-17/h5-12H,13-15H2,1-4H3,(H,24,29)(H,25,28)(H,26,27). The molecule has 0 aliphatic carbocycles. The number of methoxy groups -OCH3 is 1. The van der Waals surface area contributed by atoms with E-state index >= 15 is 0 Å². The molecule has 0 aliphatic heterocycles. The molecule has 3 amide bonds. The number of hydrogen-bond donors (Lipinski definition) is 3. The maximum Gasteiger partial charge on any atom is 0.407 e. The SMILES string of the molecule is COc1ccc(C(=O)NCc2ccc(NC(=O)CCNC(=O)OC(C)(C)C)cc2)cc1. The topological polar surface area (TPSA) is 106 Å². The number of rotatable bonds is 8. The molecule has 0 atom stereocenters. The lowest BCUT2D eigenvalue weighted by molar-refractivity contribution is -0.116. The molecule has 0 fully saturated rings. The smallest absolute Gasteiger partial charge is 0.407 e. The Morgan fingerprint density at radius 1 is 0.903 bits per heavy atom. The van der Waals surface area contributed by atoms with Crippen LogP contribution in [-0.2, 0) is 16.1 Å². The molecule has 31 heavy (non-hydrogen) atoms. The molecule has 3 N–H and O–H groups in total. The third kappa shape index (κ3) is 8.77. The highest BCUT2D eigenvalue weighted by atomic mass is 16.6. The summed E-state index contributed by atoms with van der Waals surface area (Å²) in [5.74, 6) is 0.281. The first-order chi connectivity index (χ1) is 14.7. The number of ether oxygens (including phenoxy) is 2. The monoisotopic (exact) mass is 427 g/mol. The van der Waals surface area contributed by atoms with Crippen LogP contribution in [-0.4, -0.2) is 37.2 Å². The van der Waals surface area contributed by atoms with Crippen LogP contribution in [0.25, 0.3) is 0 Å². The van der Waals surface area contributed by atoms with E-state index in [1.165, 1.54) is 0 Å². The minimum Gasteiger partial charge on any atom is -0.497 e. The highest BCUT2D eigenvalue weighted by Crippen LogP contribution is 2.13. The Labute approximate surface area is 182 Å². The van der Waals surface area contributed by atoms with Crippen LogP contribution in [0.1, 0.15) is 43.1 Å². The second-order valence-electron chi connectivity index (χ2n) is 7.83. The summed E-state index contributed by atoms with van der Waals surface area (Å²) in [4.78, 5) is 35.8. The molecule has 8 heteroatoms. The quantitative estimate of drug-likeness (QED) is 0.598. The summed E-state index contributed by atoms with van der Waals surface area (Å²) in [5.41, 5.74) is 1.49. The molecule has 0 heterocycles. The van der Waals surface area contributed by atoms with Crippen LogP contribution >= 0.6 is 0 Å². The van der Waals surface area contributed by atoms with E-state index in [0.29, 0.717) is 23.5 Å². The first-order valence-electron chi connectivity index (χ1n) is 9.94. The fourth-order valence-corrected chi connectivity index (χ4v) is 2.55. The predicted molar refractivity (Wildman–Crippen MR) is 118 cm³/mol. The van der Waals surface area contributed by atoms with Crippen LogP contribution in [0.4, 0.5) is 10.5 Å². The number of benzene rings is 2. The average Bonchev–Trinajstić information content (AvgIpc) is 2.71. The molecule has 0 aliphatic rings. The van der Waals surface area contributed by atoms with Gasteiger partial charge in [-0.15, -0.1) is 0 Å². The normalized spacial score (nSPS) is 10.7. The fraction of sp³-hybridized carbons (Fsp3) is 0.348. The minimum absolute atomic E-state index is 0.124. The zero-order chi connectivity index (χ0) is 22.9. The van der Waals surface area contributed by atoms with E-state index in [1.807, 2.05) is 12.1 Å². The molecule has 2 aromatic carbocycles. The van der Waals surface area contributed by atoms with E-state index in [-0.39, 0.29) is 24.8 Å². The van der Waals surface area contributed by atoms with Gasteiger partial charge in [-0.3, -0.25) is 9.59 Å². The molecule has 0 saturated carbocycles. The highest BCUT2D eigenvalue weighted by molar-refractivity contribution is 5.94. The zero-order valence-corrected chi connectivity index (χ0v) is 18.3. The Bertz CT molecular complexity index is 887. The highest BCUT2D eigenvalue weighted by Gasteiger charge is 2.15. The van der Waals surface area contributed by atoms with Crippen LogP contribution in [0.3, 0.4) is 0 Å². The number of nitrogens with one attached hydrogen (secondary N) is 3. The number of hydrogen-bond acceptors (Lipinski definition) is 5. The van der Waals surface area contributed by atoms with Crippen LogP contribution in [0.5, 0.6) is 5.75 Å². The molecular formula is C23H29N3O5. The number of carbonyl (C=O) groups excluding carboxylic acids is 3. The van der Waals surface area contributed by atoms with Crippen LogP contribution < -0.4 is 20.7 Å². The summed E-state index contributed by atoms with van der Waals surface area (Å²) in [6.07, 6.45) is -0.430. The lowest BCUT2D eigenvalue weighted by Crippen LogP contribution is -2.34. The summed E-state index contributed by atoms with van der Waals surface area (Å²) in [5, 5.41) is 8.15. The van der Waals surface area contributed by atoms with Gasteiger partial charge in [-0.25, -0.2) is 4.79 Å². The van der Waals surface area contributed by atoms with Gasteiger partial charge in [0.15, 0.2) is 0 Å². The van der Waals surface area contributed by atoms with Gasteiger partial charge in [0.2, 0.25) is 5.91 Å². The number of anilines is 1. The van der Waals surface area contributed by atoms with E-state index in [4.69, 9.17) is 9.47 Å². The number of amides is 3. The van der Waals surface area contributed by atoms with Gasteiger partial charge in [0.1, 0.15) is 11.4 Å². The molecule has 0 bridgehead atoms. The Balaban J connectivity index is 1.73. The third-order valence-corrected chi connectivity index (χ3v) is 4.06. The van der Waals surface area contributed by atoms with E-state index < -0.39 is 11.7 Å². The van der Waals surface area contributed by atoms with Crippen molar-refractivity contribution in [1.82, 2.24) is 10.6 Å². The first kappa shape index (κ1) is 23.7. The lowest BCUT2D eigenvalue weighted by atomic mass is 10.1. The molecule has 8 nitrogen and oxygen atoms in total. The largest absolute Gasteiger partial charge is 0.497 e. The van der Waals surface area contributed by atoms with Gasteiger partial charge < -0.3 is 25.4 Å². The predicted octanol–water partition coefficient (Wildman–Crippen LogP) is 3.48. The Kier molecular flexibility index (Phi) is 8.43. The van der Waals surface area contributed by atoms with E-state index in [1.54, 1.807) is 64.3 Å². The van der Waals surface area contributed by atoms with Gasteiger partial charge >= 0.3 is 6.09 Å². The molecule has 0 radical (unpaired) electrons. The van der Waals surface area contributed by atoms with Crippen molar-refractivity contribution in [3.63, 3.8) is 0 Å². The van der Waals surface area contributed by atoms with E-state index in [0.717, 1.165) is 5.56 Å². The Morgan fingerprint density at radius 2 is 1.55 bits per heavy atom. The molecule has 166 valence electrons. The molecular weight excluding hydrogens is 398 g/mol. The molecule has 0 unspecified atom stereocenters. The van der Waals surface area contributed by atoms with Crippen molar-refractivity contribution in [3.05, 3.63) is 59.7 Å². The Hall–Kier alpha value is -3.55. The van der Waals surface area contributed by atoms with Crippen molar-refractivity contribution in [2.24, 2.45) is 0 Å². The number of alkyl carbamates (subject to hydrolysis) is 1. The summed E-state index contributed by atoms with van der Waals surface area (Å²) in [6, 6.07) is 14.0. The average molecular weight is 428 g/mol. The second kappa shape index (κ2) is 11.0. The maximum absolute atomic E-state index is 12.2. The van der Waals surface area contributed by atoms with Gasteiger partial charge in [0.25, 0.3) is 5.91 Å². The summed E-state index contributed by atoms with van der Waals surface area (Å²) in [6.45, 7) is 5.85. The molecule has 0 saturated heterocycles. The van der Waals surface area contributed by atoms with Crippen LogP contribution in [0, 0.1) is 0 Å². The molecule has 2 aromatic rings. The second-order valence-corrected chi connectivity index (χ2v) is 7.83. The molecule has 0 aromatic heterocycles. The first-order valence-corrected chi connectivity index (χ1v) is 9.94. The maximum atomic E-state index is 12.2. The van der Waals surface area contributed by atoms with Crippen molar-refractivity contribution >= 4 is 23.6 Å². The summed E-state index contributed by atoms with van der Waals surface area (Å²) >= 11 is 0.